The zero-order valence-corrected chi connectivity index (χ0v) is 18.3. The highest BCUT2D eigenvalue weighted by Crippen LogP contribution is 2.10. The molecule has 0 unspecified atom stereocenters. The van der Waals surface area contributed by atoms with Crippen molar-refractivity contribution in [3.63, 3.8) is 0 Å². The minimum atomic E-state index is 1.20. The Morgan fingerprint density at radius 1 is 0.654 bits per heavy atom. The summed E-state index contributed by atoms with van der Waals surface area (Å²) in [7, 11) is 0. The average Bonchev–Trinajstić information content (AvgIpc) is 2.99. The van der Waals surface area contributed by atoms with Crippen LogP contribution in [0.4, 0.5) is 0 Å². The van der Waals surface area contributed by atoms with Crippen LogP contribution >= 0.6 is 0 Å². The van der Waals surface area contributed by atoms with E-state index < -0.39 is 0 Å². The lowest BCUT2D eigenvalue weighted by molar-refractivity contribution is -0.702. The van der Waals surface area contributed by atoms with E-state index in [9.17, 15) is 0 Å². The Labute approximate surface area is 164 Å². The van der Waals surface area contributed by atoms with Gasteiger partial charge in [-0.05, 0) is 25.7 Å². The molecule has 0 radical (unpaired) electrons. The van der Waals surface area contributed by atoms with Gasteiger partial charge in [0.1, 0.15) is 12.4 Å². The molecule has 0 aliphatic carbocycles. The van der Waals surface area contributed by atoms with Crippen molar-refractivity contribution < 1.29 is 4.57 Å². The zero-order valence-electron chi connectivity index (χ0n) is 18.3. The molecule has 0 bridgehead atoms. The molecule has 0 aliphatic rings. The summed E-state index contributed by atoms with van der Waals surface area (Å²) in [6.07, 6.45) is 27.0. The van der Waals surface area contributed by atoms with Gasteiger partial charge in [-0.3, -0.25) is 0 Å². The number of rotatable bonds is 18. The van der Waals surface area contributed by atoms with Crippen molar-refractivity contribution in [2.75, 3.05) is 0 Å². The second-order valence-corrected chi connectivity index (χ2v) is 8.18. The second-order valence-electron chi connectivity index (χ2n) is 8.18. The number of aryl methyl sites for hydroxylation is 2. The molecule has 0 saturated heterocycles. The normalized spacial score (nSPS) is 11.3. The van der Waals surface area contributed by atoms with E-state index in [-0.39, 0.29) is 0 Å². The fourth-order valence-electron chi connectivity index (χ4n) is 3.85. The van der Waals surface area contributed by atoms with Crippen LogP contribution in [0, 0.1) is 6.92 Å². The Morgan fingerprint density at radius 2 is 1.12 bits per heavy atom. The third kappa shape index (κ3) is 11.0. The maximum atomic E-state index is 2.46. The summed E-state index contributed by atoms with van der Waals surface area (Å²) in [5.74, 6) is 1.44. The number of imidazole rings is 1. The van der Waals surface area contributed by atoms with Gasteiger partial charge in [-0.25, -0.2) is 9.13 Å². The molecule has 0 aliphatic heterocycles. The molecular formula is C24H47N2+. The minimum Gasteiger partial charge on any atom is -0.234 e. The highest BCUT2D eigenvalue weighted by Gasteiger charge is 2.11. The Morgan fingerprint density at radius 3 is 1.65 bits per heavy atom. The van der Waals surface area contributed by atoms with Crippen molar-refractivity contribution in [1.29, 1.82) is 0 Å². The van der Waals surface area contributed by atoms with Gasteiger partial charge >= 0.3 is 0 Å². The predicted molar refractivity (Wildman–Crippen MR) is 115 cm³/mol. The molecule has 0 amide bonds. The highest BCUT2D eigenvalue weighted by molar-refractivity contribution is 4.79. The van der Waals surface area contributed by atoms with Gasteiger partial charge in [0.2, 0.25) is 0 Å². The van der Waals surface area contributed by atoms with Crippen LogP contribution in [-0.4, -0.2) is 4.57 Å². The van der Waals surface area contributed by atoms with Crippen LogP contribution in [0.15, 0.2) is 12.4 Å². The summed E-state index contributed by atoms with van der Waals surface area (Å²) in [6.45, 7) is 9.27. The Bertz CT molecular complexity index is 422. The summed E-state index contributed by atoms with van der Waals surface area (Å²) in [5.41, 5.74) is 0. The van der Waals surface area contributed by atoms with E-state index in [0.717, 1.165) is 0 Å². The topological polar surface area (TPSA) is 8.81 Å². The third-order valence-electron chi connectivity index (χ3n) is 5.76. The van der Waals surface area contributed by atoms with Crippen LogP contribution in [0.2, 0.25) is 0 Å². The molecule has 152 valence electrons. The van der Waals surface area contributed by atoms with E-state index in [1.165, 1.54) is 122 Å². The monoisotopic (exact) mass is 363 g/mol. The molecule has 0 spiro atoms. The summed E-state index contributed by atoms with van der Waals surface area (Å²) >= 11 is 0. The van der Waals surface area contributed by atoms with Crippen molar-refractivity contribution in [3.8, 4) is 0 Å². The summed E-state index contributed by atoms with van der Waals surface area (Å²) in [4.78, 5) is 0. The van der Waals surface area contributed by atoms with Crippen molar-refractivity contribution in [1.82, 2.24) is 4.57 Å². The predicted octanol–water partition coefficient (Wildman–Crippen LogP) is 7.37. The van der Waals surface area contributed by atoms with Crippen molar-refractivity contribution in [2.45, 2.75) is 137 Å². The first kappa shape index (κ1) is 23.2. The summed E-state index contributed by atoms with van der Waals surface area (Å²) in [5, 5.41) is 0. The molecule has 1 rings (SSSR count). The van der Waals surface area contributed by atoms with Gasteiger partial charge in [-0.1, -0.05) is 90.9 Å². The second kappa shape index (κ2) is 16.4. The van der Waals surface area contributed by atoms with Gasteiger partial charge < -0.3 is 0 Å². The summed E-state index contributed by atoms with van der Waals surface area (Å²) < 4.78 is 4.92. The molecule has 2 heteroatoms. The lowest BCUT2D eigenvalue weighted by atomic mass is 10.1. The van der Waals surface area contributed by atoms with E-state index in [0.29, 0.717) is 0 Å². The van der Waals surface area contributed by atoms with Gasteiger partial charge in [0.05, 0.1) is 13.1 Å². The molecule has 1 aromatic heterocycles. The van der Waals surface area contributed by atoms with Crippen LogP contribution < -0.4 is 4.57 Å². The molecule has 0 atom stereocenters. The molecule has 26 heavy (non-hydrogen) atoms. The Kier molecular flexibility index (Phi) is 14.7. The van der Waals surface area contributed by atoms with E-state index in [2.05, 4.69) is 42.3 Å². The number of aromatic nitrogens is 2. The maximum Gasteiger partial charge on any atom is 0.253 e. The van der Waals surface area contributed by atoms with Crippen LogP contribution in [0.5, 0.6) is 0 Å². The third-order valence-corrected chi connectivity index (χ3v) is 5.76. The molecule has 0 saturated carbocycles. The Hall–Kier alpha value is -0.790. The van der Waals surface area contributed by atoms with Gasteiger partial charge in [0, 0.05) is 6.92 Å². The van der Waals surface area contributed by atoms with Crippen molar-refractivity contribution >= 4 is 0 Å². The smallest absolute Gasteiger partial charge is 0.234 e. The maximum absolute atomic E-state index is 2.46. The van der Waals surface area contributed by atoms with Crippen LogP contribution in [0.25, 0.3) is 0 Å². The van der Waals surface area contributed by atoms with Gasteiger partial charge in [0.25, 0.3) is 5.82 Å². The first-order chi connectivity index (χ1) is 12.8. The number of hydrogen-bond acceptors (Lipinski definition) is 0. The zero-order chi connectivity index (χ0) is 18.9. The molecule has 1 aromatic rings. The van der Waals surface area contributed by atoms with Gasteiger partial charge in [0.15, 0.2) is 0 Å². The van der Waals surface area contributed by atoms with Gasteiger partial charge in [-0.2, -0.15) is 0 Å². The van der Waals surface area contributed by atoms with Crippen LogP contribution in [-0.2, 0) is 13.1 Å². The summed E-state index contributed by atoms with van der Waals surface area (Å²) in [6, 6.07) is 0. The lowest BCUT2D eigenvalue weighted by Gasteiger charge is -2.03. The average molecular weight is 364 g/mol. The minimum absolute atomic E-state index is 1.20. The lowest BCUT2D eigenvalue weighted by Crippen LogP contribution is -2.35. The SMILES string of the molecule is CCCCCCCCCCC[n+]1ccn(CCCCCCCCC)c1C. The van der Waals surface area contributed by atoms with Crippen molar-refractivity contribution in [2.24, 2.45) is 0 Å². The highest BCUT2D eigenvalue weighted by atomic mass is 15.1. The largest absolute Gasteiger partial charge is 0.253 e. The van der Waals surface area contributed by atoms with Crippen LogP contribution in [0.3, 0.4) is 0 Å². The van der Waals surface area contributed by atoms with E-state index in [4.69, 9.17) is 0 Å². The quantitative estimate of drug-likeness (QED) is 0.190. The van der Waals surface area contributed by atoms with Crippen LogP contribution in [0.1, 0.15) is 122 Å². The number of hydrogen-bond donors (Lipinski definition) is 0. The molecule has 2 nitrogen and oxygen atoms in total. The molecule has 0 N–H and O–H groups in total. The molecule has 0 aromatic carbocycles. The Balaban J connectivity index is 2.04. The fourth-order valence-corrected chi connectivity index (χ4v) is 3.85. The van der Waals surface area contributed by atoms with E-state index >= 15 is 0 Å². The van der Waals surface area contributed by atoms with E-state index in [1.54, 1.807) is 0 Å². The molecular weight excluding hydrogens is 316 g/mol. The van der Waals surface area contributed by atoms with Crippen molar-refractivity contribution in [3.05, 3.63) is 18.2 Å². The number of nitrogens with zero attached hydrogens (tertiary/aromatic N) is 2. The molecule has 1 heterocycles. The first-order valence-corrected chi connectivity index (χ1v) is 11.8. The van der Waals surface area contributed by atoms with E-state index in [1.807, 2.05) is 0 Å². The fraction of sp³-hybridized carbons (Fsp3) is 0.875. The number of unbranched alkanes of at least 4 members (excludes halogenated alkanes) is 14. The molecule has 0 fully saturated rings. The van der Waals surface area contributed by atoms with Gasteiger partial charge in [-0.15, -0.1) is 0 Å². The standard InChI is InChI=1S/C24H47N2/c1-4-6-8-10-12-13-15-17-19-21-26-23-22-25(24(26)3)20-18-16-14-11-9-7-5-2/h22-23H,4-21H2,1-3H3/q+1. The first-order valence-electron chi connectivity index (χ1n) is 11.8.